The van der Waals surface area contributed by atoms with E-state index in [1.807, 2.05) is 36.6 Å². The smallest absolute Gasteiger partial charge is 0.180 e. The second-order valence-corrected chi connectivity index (χ2v) is 6.59. The fraction of sp³-hybridized carbons (Fsp3) is 0.412. The van der Waals surface area contributed by atoms with Crippen LogP contribution in [0.3, 0.4) is 0 Å². The topological polar surface area (TPSA) is 50.7 Å². The van der Waals surface area contributed by atoms with E-state index in [1.54, 1.807) is 18.4 Å². The fourth-order valence-electron chi connectivity index (χ4n) is 2.15. The molecule has 2 aromatic rings. The van der Waals surface area contributed by atoms with Crippen molar-refractivity contribution in [3.8, 4) is 11.5 Å². The molecule has 6 heteroatoms. The number of benzene rings is 1. The van der Waals surface area contributed by atoms with Crippen molar-refractivity contribution in [3.63, 3.8) is 0 Å². The summed E-state index contributed by atoms with van der Waals surface area (Å²) in [6.45, 7) is 3.22. The average molecular weight is 356 g/mol. The van der Waals surface area contributed by atoms with Gasteiger partial charge < -0.3 is 19.9 Å². The molecule has 0 saturated heterocycles. The van der Waals surface area contributed by atoms with E-state index in [4.69, 9.17) is 21.1 Å². The van der Waals surface area contributed by atoms with Crippen LogP contribution < -0.4 is 14.8 Å². The molecular formula is C17H22ClNO3S. The first-order chi connectivity index (χ1) is 11.2. The summed E-state index contributed by atoms with van der Waals surface area (Å²) in [6.07, 6.45) is 0.864. The highest BCUT2D eigenvalue weighted by Crippen LogP contribution is 2.37. The molecule has 2 rings (SSSR count). The van der Waals surface area contributed by atoms with Gasteiger partial charge in [-0.25, -0.2) is 0 Å². The van der Waals surface area contributed by atoms with Crippen molar-refractivity contribution < 1.29 is 14.6 Å². The highest BCUT2D eigenvalue weighted by Gasteiger charge is 2.13. The molecule has 0 aliphatic carbocycles. The van der Waals surface area contributed by atoms with Crippen molar-refractivity contribution >= 4 is 22.9 Å². The van der Waals surface area contributed by atoms with Gasteiger partial charge >= 0.3 is 0 Å². The molecule has 1 atom stereocenters. The van der Waals surface area contributed by atoms with Crippen LogP contribution in [0.4, 0.5) is 0 Å². The molecule has 0 saturated carbocycles. The van der Waals surface area contributed by atoms with Gasteiger partial charge in [0.05, 0.1) is 18.7 Å². The van der Waals surface area contributed by atoms with Crippen molar-refractivity contribution in [2.75, 3.05) is 13.7 Å². The predicted molar refractivity (Wildman–Crippen MR) is 94.7 cm³/mol. The number of halogens is 1. The lowest BCUT2D eigenvalue weighted by molar-refractivity contribution is 0.238. The molecule has 1 aromatic carbocycles. The van der Waals surface area contributed by atoms with Crippen molar-refractivity contribution in [1.82, 2.24) is 5.32 Å². The van der Waals surface area contributed by atoms with E-state index in [0.29, 0.717) is 29.7 Å². The molecule has 0 aliphatic heterocycles. The van der Waals surface area contributed by atoms with Crippen LogP contribution in [0.1, 0.15) is 23.8 Å². The minimum Gasteiger partial charge on any atom is -0.493 e. The van der Waals surface area contributed by atoms with Crippen molar-refractivity contribution in [2.45, 2.75) is 32.5 Å². The van der Waals surface area contributed by atoms with Crippen LogP contribution in [0.2, 0.25) is 5.02 Å². The van der Waals surface area contributed by atoms with Gasteiger partial charge in [0, 0.05) is 17.5 Å². The molecule has 0 unspecified atom stereocenters. The molecule has 23 heavy (non-hydrogen) atoms. The van der Waals surface area contributed by atoms with E-state index in [1.165, 1.54) is 0 Å². The van der Waals surface area contributed by atoms with Crippen molar-refractivity contribution in [1.29, 1.82) is 0 Å². The molecule has 126 valence electrons. The first-order valence-electron chi connectivity index (χ1n) is 7.53. The molecule has 0 radical (unpaired) electrons. The minimum atomic E-state index is 0.0783. The van der Waals surface area contributed by atoms with E-state index in [9.17, 15) is 5.11 Å². The predicted octanol–water partition coefficient (Wildman–Crippen LogP) is 3.85. The van der Waals surface area contributed by atoms with E-state index in [-0.39, 0.29) is 12.6 Å². The fourth-order valence-corrected chi connectivity index (χ4v) is 3.06. The van der Waals surface area contributed by atoms with Crippen molar-refractivity contribution in [2.24, 2.45) is 0 Å². The van der Waals surface area contributed by atoms with Gasteiger partial charge in [0.25, 0.3) is 0 Å². The summed E-state index contributed by atoms with van der Waals surface area (Å²) in [5, 5.41) is 15.1. The number of hydrogen-bond acceptors (Lipinski definition) is 5. The van der Waals surface area contributed by atoms with Crippen molar-refractivity contribution in [3.05, 3.63) is 45.1 Å². The van der Waals surface area contributed by atoms with E-state index in [0.717, 1.165) is 16.9 Å². The maximum Gasteiger partial charge on any atom is 0.180 e. The lowest BCUT2D eigenvalue weighted by Crippen LogP contribution is -2.31. The van der Waals surface area contributed by atoms with Crippen LogP contribution in [0.25, 0.3) is 0 Å². The van der Waals surface area contributed by atoms with Crippen LogP contribution in [-0.4, -0.2) is 24.9 Å². The quantitative estimate of drug-likeness (QED) is 0.717. The second kappa shape index (κ2) is 9.13. The standard InChI is InChI=1S/C17H22ClNO3S/c1-3-13(10-20)19-9-12-7-15(18)17(16(8-12)21-2)22-11-14-5-4-6-23-14/h4-8,13,19-20H,3,9-11H2,1-2H3/t13-/m1/s1. The van der Waals surface area contributed by atoms with E-state index < -0.39 is 0 Å². The summed E-state index contributed by atoms with van der Waals surface area (Å²) in [4.78, 5) is 1.13. The SMILES string of the molecule is CC[C@H](CO)NCc1cc(Cl)c(OCc2cccs2)c(OC)c1. The molecule has 0 spiro atoms. The van der Waals surface area contributed by atoms with Crippen LogP contribution in [0.5, 0.6) is 11.5 Å². The first-order valence-corrected chi connectivity index (χ1v) is 8.79. The summed E-state index contributed by atoms with van der Waals surface area (Å²) >= 11 is 8.00. The Morgan fingerprint density at radius 1 is 1.39 bits per heavy atom. The lowest BCUT2D eigenvalue weighted by Gasteiger charge is -2.16. The Bertz CT molecular complexity index is 600. The molecule has 0 aliphatic rings. The van der Waals surface area contributed by atoms with Gasteiger partial charge in [-0.3, -0.25) is 0 Å². The van der Waals surface area contributed by atoms with Gasteiger partial charge in [0.1, 0.15) is 6.61 Å². The summed E-state index contributed by atoms with van der Waals surface area (Å²) in [7, 11) is 1.60. The Hall–Kier alpha value is -1.27. The summed E-state index contributed by atoms with van der Waals surface area (Å²) < 4.78 is 11.2. The summed E-state index contributed by atoms with van der Waals surface area (Å²) in [5.41, 5.74) is 0.988. The number of nitrogens with one attached hydrogen (secondary N) is 1. The summed E-state index contributed by atoms with van der Waals surface area (Å²) in [5.74, 6) is 1.17. The zero-order chi connectivity index (χ0) is 16.7. The van der Waals surface area contributed by atoms with Gasteiger partial charge in [-0.1, -0.05) is 24.6 Å². The molecule has 4 nitrogen and oxygen atoms in total. The number of hydrogen-bond donors (Lipinski definition) is 2. The lowest BCUT2D eigenvalue weighted by atomic mass is 10.1. The van der Waals surface area contributed by atoms with Gasteiger partial charge in [-0.05, 0) is 35.6 Å². The number of ether oxygens (including phenoxy) is 2. The summed E-state index contributed by atoms with van der Waals surface area (Å²) in [6, 6.07) is 7.86. The highest BCUT2D eigenvalue weighted by atomic mass is 35.5. The maximum absolute atomic E-state index is 9.23. The van der Waals surface area contributed by atoms with Crippen LogP contribution in [-0.2, 0) is 13.2 Å². The Morgan fingerprint density at radius 3 is 2.83 bits per heavy atom. The third-order valence-corrected chi connectivity index (χ3v) is 4.67. The molecule has 0 fully saturated rings. The Balaban J connectivity index is 2.08. The first kappa shape index (κ1) is 18.1. The highest BCUT2D eigenvalue weighted by molar-refractivity contribution is 7.09. The molecular weight excluding hydrogens is 334 g/mol. The van der Waals surface area contributed by atoms with E-state index >= 15 is 0 Å². The number of aliphatic hydroxyl groups excluding tert-OH is 1. The number of aliphatic hydroxyl groups is 1. The molecule has 0 amide bonds. The zero-order valence-corrected chi connectivity index (χ0v) is 14.9. The molecule has 0 bridgehead atoms. The van der Waals surface area contributed by atoms with Gasteiger partial charge in [-0.15, -0.1) is 11.3 Å². The van der Waals surface area contributed by atoms with Crippen LogP contribution in [0.15, 0.2) is 29.6 Å². The Labute approximate surface area is 146 Å². The Kier molecular flexibility index (Phi) is 7.17. The average Bonchev–Trinajstić information content (AvgIpc) is 3.07. The normalized spacial score (nSPS) is 12.2. The second-order valence-electron chi connectivity index (χ2n) is 5.15. The number of rotatable bonds is 9. The van der Waals surface area contributed by atoms with Gasteiger partial charge in [-0.2, -0.15) is 0 Å². The monoisotopic (exact) mass is 355 g/mol. The zero-order valence-electron chi connectivity index (χ0n) is 13.3. The third-order valence-electron chi connectivity index (χ3n) is 3.54. The van der Waals surface area contributed by atoms with Gasteiger partial charge in [0.15, 0.2) is 11.5 Å². The number of thiophene rings is 1. The molecule has 1 aromatic heterocycles. The number of methoxy groups -OCH3 is 1. The third kappa shape index (κ3) is 5.11. The van der Waals surface area contributed by atoms with Gasteiger partial charge in [0.2, 0.25) is 0 Å². The van der Waals surface area contributed by atoms with E-state index in [2.05, 4.69) is 5.32 Å². The van der Waals surface area contributed by atoms with Crippen LogP contribution in [0, 0.1) is 0 Å². The maximum atomic E-state index is 9.23. The molecule has 2 N–H and O–H groups in total. The minimum absolute atomic E-state index is 0.0783. The molecule has 1 heterocycles. The van der Waals surface area contributed by atoms with Crippen LogP contribution >= 0.6 is 22.9 Å². The Morgan fingerprint density at radius 2 is 2.22 bits per heavy atom. The largest absolute Gasteiger partial charge is 0.493 e.